The molecule has 0 bridgehead atoms. The van der Waals surface area contributed by atoms with Crippen molar-refractivity contribution >= 4 is 5.91 Å². The highest BCUT2D eigenvalue weighted by Gasteiger charge is 2.45. The van der Waals surface area contributed by atoms with Gasteiger partial charge in [0.05, 0.1) is 6.04 Å². The van der Waals surface area contributed by atoms with Crippen LogP contribution in [0.15, 0.2) is 0 Å². The van der Waals surface area contributed by atoms with Crippen LogP contribution in [-0.4, -0.2) is 18.5 Å². The van der Waals surface area contributed by atoms with E-state index in [0.717, 1.165) is 13.0 Å². The lowest BCUT2D eigenvalue weighted by molar-refractivity contribution is -0.123. The second kappa shape index (κ2) is 4.52. The molecule has 1 aliphatic rings. The molecule has 88 valence electrons. The average molecular weight is 212 g/mol. The fourth-order valence-electron chi connectivity index (χ4n) is 1.78. The summed E-state index contributed by atoms with van der Waals surface area (Å²) in [5, 5.41) is 2.95. The second-order valence-electron chi connectivity index (χ2n) is 5.55. The molecule has 1 amide bonds. The van der Waals surface area contributed by atoms with Crippen LogP contribution in [0.25, 0.3) is 0 Å². The molecule has 0 spiro atoms. The van der Waals surface area contributed by atoms with Gasteiger partial charge in [-0.3, -0.25) is 4.79 Å². The van der Waals surface area contributed by atoms with Crippen molar-refractivity contribution in [3.05, 3.63) is 0 Å². The third-order valence-corrected chi connectivity index (χ3v) is 3.80. The van der Waals surface area contributed by atoms with Crippen molar-refractivity contribution in [3.8, 4) is 0 Å². The molecule has 0 aromatic carbocycles. The molecule has 3 heteroatoms. The van der Waals surface area contributed by atoms with Gasteiger partial charge in [0.25, 0.3) is 0 Å². The minimum atomic E-state index is -0.350. The van der Waals surface area contributed by atoms with Gasteiger partial charge in [-0.05, 0) is 23.7 Å². The lowest BCUT2D eigenvalue weighted by Crippen LogP contribution is -2.45. The topological polar surface area (TPSA) is 55.1 Å². The molecule has 1 saturated carbocycles. The van der Waals surface area contributed by atoms with E-state index < -0.39 is 0 Å². The second-order valence-corrected chi connectivity index (χ2v) is 5.55. The van der Waals surface area contributed by atoms with E-state index in [9.17, 15) is 4.79 Å². The quantitative estimate of drug-likeness (QED) is 0.726. The molecular formula is C12H24N2O. The van der Waals surface area contributed by atoms with Crippen LogP contribution >= 0.6 is 0 Å². The van der Waals surface area contributed by atoms with Crippen molar-refractivity contribution in [2.45, 2.75) is 46.6 Å². The first-order chi connectivity index (χ1) is 6.88. The van der Waals surface area contributed by atoms with Gasteiger partial charge in [-0.25, -0.2) is 0 Å². The van der Waals surface area contributed by atoms with Gasteiger partial charge in [0.15, 0.2) is 0 Å². The maximum atomic E-state index is 11.7. The molecule has 1 fully saturated rings. The molecule has 1 rings (SSSR count). The van der Waals surface area contributed by atoms with Gasteiger partial charge in [-0.1, -0.05) is 34.1 Å². The summed E-state index contributed by atoms with van der Waals surface area (Å²) in [6, 6.07) is -0.350. The van der Waals surface area contributed by atoms with Crippen molar-refractivity contribution in [3.63, 3.8) is 0 Å². The molecule has 0 radical (unpaired) electrons. The Kier molecular flexibility index (Phi) is 3.77. The Balaban J connectivity index is 2.24. The lowest BCUT2D eigenvalue weighted by atomic mass is 9.99. The first-order valence-electron chi connectivity index (χ1n) is 5.91. The number of amides is 1. The largest absolute Gasteiger partial charge is 0.354 e. The fourth-order valence-corrected chi connectivity index (χ4v) is 1.78. The molecule has 0 aromatic heterocycles. The molecule has 3 N–H and O–H groups in total. The molecule has 0 saturated heterocycles. The van der Waals surface area contributed by atoms with Crippen molar-refractivity contribution in [2.75, 3.05) is 6.54 Å². The third-order valence-electron chi connectivity index (χ3n) is 3.80. The molecular weight excluding hydrogens is 188 g/mol. The van der Waals surface area contributed by atoms with Crippen LogP contribution in [0.3, 0.4) is 0 Å². The Bertz CT molecular complexity index is 238. The summed E-state index contributed by atoms with van der Waals surface area (Å²) in [6.07, 6.45) is 2.16. The van der Waals surface area contributed by atoms with E-state index in [1.807, 2.05) is 6.92 Å². The van der Waals surface area contributed by atoms with E-state index in [1.165, 1.54) is 6.42 Å². The fraction of sp³-hybridized carbons (Fsp3) is 0.917. The van der Waals surface area contributed by atoms with E-state index >= 15 is 0 Å². The predicted molar refractivity (Wildman–Crippen MR) is 62.3 cm³/mol. The van der Waals surface area contributed by atoms with Crippen LogP contribution in [0.1, 0.15) is 40.5 Å². The van der Waals surface area contributed by atoms with Gasteiger partial charge >= 0.3 is 0 Å². The van der Waals surface area contributed by atoms with Crippen LogP contribution in [0.4, 0.5) is 0 Å². The summed E-state index contributed by atoms with van der Waals surface area (Å²) in [5.74, 6) is 0.912. The highest BCUT2D eigenvalue weighted by Crippen LogP contribution is 2.50. The van der Waals surface area contributed by atoms with Crippen molar-refractivity contribution in [1.29, 1.82) is 0 Å². The Morgan fingerprint density at radius 2 is 2.13 bits per heavy atom. The van der Waals surface area contributed by atoms with Gasteiger partial charge in [0.1, 0.15) is 0 Å². The minimum Gasteiger partial charge on any atom is -0.354 e. The van der Waals surface area contributed by atoms with Crippen LogP contribution in [0.2, 0.25) is 0 Å². The summed E-state index contributed by atoms with van der Waals surface area (Å²) >= 11 is 0. The smallest absolute Gasteiger partial charge is 0.237 e. The molecule has 3 atom stereocenters. The minimum absolute atomic E-state index is 0.00653. The zero-order valence-corrected chi connectivity index (χ0v) is 10.3. The summed E-state index contributed by atoms with van der Waals surface area (Å²) < 4.78 is 0. The van der Waals surface area contributed by atoms with Crippen molar-refractivity contribution < 1.29 is 4.79 Å². The number of hydrogen-bond donors (Lipinski definition) is 2. The monoisotopic (exact) mass is 212 g/mol. The molecule has 0 aliphatic heterocycles. The standard InChI is InChI=1S/C12H24N2O/c1-5-8(2)10(13)11(15)14-7-9-6-12(9,3)4/h8-10H,5-7,13H2,1-4H3,(H,14,15)/t8-,9?,10-/m0/s1. The van der Waals surface area contributed by atoms with Gasteiger partial charge in [0, 0.05) is 6.54 Å². The number of carbonyl (C=O) groups is 1. The van der Waals surface area contributed by atoms with E-state index in [1.54, 1.807) is 0 Å². The Morgan fingerprint density at radius 3 is 2.53 bits per heavy atom. The maximum absolute atomic E-state index is 11.7. The van der Waals surface area contributed by atoms with Gasteiger partial charge in [-0.2, -0.15) is 0 Å². The Labute approximate surface area is 92.8 Å². The van der Waals surface area contributed by atoms with E-state index in [0.29, 0.717) is 11.3 Å². The van der Waals surface area contributed by atoms with Gasteiger partial charge < -0.3 is 11.1 Å². The molecule has 1 aliphatic carbocycles. The maximum Gasteiger partial charge on any atom is 0.237 e. The molecule has 1 unspecified atom stereocenters. The van der Waals surface area contributed by atoms with Gasteiger partial charge in [-0.15, -0.1) is 0 Å². The number of nitrogens with one attached hydrogen (secondary N) is 1. The first-order valence-corrected chi connectivity index (χ1v) is 5.91. The summed E-state index contributed by atoms with van der Waals surface area (Å²) in [5.41, 5.74) is 6.26. The Morgan fingerprint density at radius 1 is 1.60 bits per heavy atom. The normalized spacial score (nSPS) is 26.9. The van der Waals surface area contributed by atoms with E-state index in [4.69, 9.17) is 5.73 Å². The summed E-state index contributed by atoms with van der Waals surface area (Å²) in [6.45, 7) is 9.33. The highest BCUT2D eigenvalue weighted by molar-refractivity contribution is 5.81. The van der Waals surface area contributed by atoms with Crippen LogP contribution < -0.4 is 11.1 Å². The highest BCUT2D eigenvalue weighted by atomic mass is 16.2. The zero-order valence-electron chi connectivity index (χ0n) is 10.3. The SMILES string of the molecule is CC[C@H](C)[C@H](N)C(=O)NCC1CC1(C)C. The van der Waals surface area contributed by atoms with Crippen LogP contribution in [-0.2, 0) is 4.79 Å². The van der Waals surface area contributed by atoms with E-state index in [2.05, 4.69) is 26.1 Å². The first kappa shape index (κ1) is 12.5. The molecule has 3 nitrogen and oxygen atoms in total. The van der Waals surface area contributed by atoms with Gasteiger partial charge in [0.2, 0.25) is 5.91 Å². The number of nitrogens with two attached hydrogens (primary N) is 1. The zero-order chi connectivity index (χ0) is 11.6. The third kappa shape index (κ3) is 3.20. The molecule has 0 aromatic rings. The Hall–Kier alpha value is -0.570. The number of hydrogen-bond acceptors (Lipinski definition) is 2. The van der Waals surface area contributed by atoms with Crippen molar-refractivity contribution in [1.82, 2.24) is 5.32 Å². The lowest BCUT2D eigenvalue weighted by Gasteiger charge is -2.17. The summed E-state index contributed by atoms with van der Waals surface area (Å²) in [7, 11) is 0. The summed E-state index contributed by atoms with van der Waals surface area (Å²) in [4.78, 5) is 11.7. The number of carbonyl (C=O) groups excluding carboxylic acids is 1. The van der Waals surface area contributed by atoms with E-state index in [-0.39, 0.29) is 17.9 Å². The molecule has 0 heterocycles. The predicted octanol–water partition coefficient (Wildman–Crippen LogP) is 1.52. The number of rotatable bonds is 5. The van der Waals surface area contributed by atoms with Crippen LogP contribution in [0, 0.1) is 17.3 Å². The average Bonchev–Trinajstić information content (AvgIpc) is 2.80. The molecule has 15 heavy (non-hydrogen) atoms. The van der Waals surface area contributed by atoms with Crippen LogP contribution in [0.5, 0.6) is 0 Å². The van der Waals surface area contributed by atoms with Crippen molar-refractivity contribution in [2.24, 2.45) is 23.0 Å².